The Morgan fingerprint density at radius 3 is 2.23 bits per heavy atom. The maximum atomic E-state index is 10.8. The van der Waals surface area contributed by atoms with Crippen molar-refractivity contribution in [3.8, 4) is 0 Å². The summed E-state index contributed by atoms with van der Waals surface area (Å²) >= 11 is 1.81. The van der Waals surface area contributed by atoms with Crippen LogP contribution in [0.2, 0.25) is 0 Å². The minimum atomic E-state index is -4.09. The van der Waals surface area contributed by atoms with Crippen LogP contribution in [-0.4, -0.2) is 49.9 Å². The summed E-state index contributed by atoms with van der Waals surface area (Å²) in [6, 6.07) is 28.9. The fraction of sp³-hybridized carbons (Fsp3) is 0.148. The molecule has 0 saturated carbocycles. The molecule has 2 heterocycles. The molecule has 0 amide bonds. The van der Waals surface area contributed by atoms with Crippen molar-refractivity contribution in [3.05, 3.63) is 96.6 Å². The highest BCUT2D eigenvalue weighted by molar-refractivity contribution is 7.99. The van der Waals surface area contributed by atoms with E-state index in [9.17, 15) is 8.42 Å². The first-order chi connectivity index (χ1) is 17.0. The lowest BCUT2D eigenvalue weighted by molar-refractivity contribution is 0.358. The van der Waals surface area contributed by atoms with Crippen molar-refractivity contribution in [1.82, 2.24) is 10.2 Å². The monoisotopic (exact) mass is 503 g/mol. The largest absolute Gasteiger partial charge is 0.354 e. The van der Waals surface area contributed by atoms with Gasteiger partial charge in [-0.2, -0.15) is 8.42 Å². The molecule has 178 valence electrons. The number of fused-ring (bicyclic) bond motifs is 3. The van der Waals surface area contributed by atoms with E-state index in [2.05, 4.69) is 58.7 Å². The number of benzene rings is 4. The summed E-state index contributed by atoms with van der Waals surface area (Å²) in [6.45, 7) is 4.08. The number of hydrogen-bond donors (Lipinski definition) is 2. The summed E-state index contributed by atoms with van der Waals surface area (Å²) in [5, 5.41) is 5.15. The van der Waals surface area contributed by atoms with E-state index in [0.29, 0.717) is 0 Å². The van der Waals surface area contributed by atoms with Gasteiger partial charge in [-0.1, -0.05) is 72.4 Å². The van der Waals surface area contributed by atoms with Crippen molar-refractivity contribution in [3.63, 3.8) is 0 Å². The van der Waals surface area contributed by atoms with Crippen molar-refractivity contribution in [2.24, 2.45) is 4.99 Å². The molecule has 0 bridgehead atoms. The number of piperazine rings is 1. The van der Waals surface area contributed by atoms with Crippen LogP contribution in [0.25, 0.3) is 10.8 Å². The Balaban J connectivity index is 0.000000158. The first kappa shape index (κ1) is 23.6. The summed E-state index contributed by atoms with van der Waals surface area (Å²) in [6.07, 6.45) is 0. The summed E-state index contributed by atoms with van der Waals surface area (Å²) in [5.74, 6) is 1.12. The highest BCUT2D eigenvalue weighted by atomic mass is 32.2. The maximum absolute atomic E-state index is 10.8. The molecule has 1 fully saturated rings. The quantitative estimate of drug-likeness (QED) is 0.347. The van der Waals surface area contributed by atoms with Crippen LogP contribution in [0.1, 0.15) is 5.56 Å². The minimum Gasteiger partial charge on any atom is -0.354 e. The average molecular weight is 504 g/mol. The van der Waals surface area contributed by atoms with Gasteiger partial charge in [0.2, 0.25) is 0 Å². The Morgan fingerprint density at radius 2 is 1.46 bits per heavy atom. The molecule has 2 aliphatic rings. The van der Waals surface area contributed by atoms with Crippen LogP contribution in [0.4, 0.5) is 5.69 Å². The number of amidine groups is 1. The lowest BCUT2D eigenvalue weighted by Crippen LogP contribution is -2.46. The third-order valence-electron chi connectivity index (χ3n) is 5.87. The third kappa shape index (κ3) is 5.41. The summed E-state index contributed by atoms with van der Waals surface area (Å²) < 4.78 is 30.5. The molecule has 4 aromatic rings. The average Bonchev–Trinajstić information content (AvgIpc) is 3.06. The second-order valence-corrected chi connectivity index (χ2v) is 10.7. The first-order valence-electron chi connectivity index (χ1n) is 11.4. The van der Waals surface area contributed by atoms with Gasteiger partial charge in [0, 0.05) is 41.5 Å². The first-order valence-corrected chi connectivity index (χ1v) is 13.6. The molecule has 0 radical (unpaired) electrons. The van der Waals surface area contributed by atoms with Crippen molar-refractivity contribution in [2.45, 2.75) is 14.7 Å². The van der Waals surface area contributed by atoms with Crippen molar-refractivity contribution in [1.29, 1.82) is 0 Å². The van der Waals surface area contributed by atoms with Gasteiger partial charge in [-0.25, -0.2) is 4.99 Å². The minimum absolute atomic E-state index is 0.0730. The number of aliphatic imine (C=N–C) groups is 1. The molecule has 6 nitrogen and oxygen atoms in total. The van der Waals surface area contributed by atoms with Crippen LogP contribution in [0.15, 0.2) is 111 Å². The summed E-state index contributed by atoms with van der Waals surface area (Å²) in [5.41, 5.74) is 2.33. The Kier molecular flexibility index (Phi) is 6.88. The van der Waals surface area contributed by atoms with E-state index in [1.165, 1.54) is 27.5 Å². The predicted molar refractivity (Wildman–Crippen MR) is 141 cm³/mol. The predicted octanol–water partition coefficient (Wildman–Crippen LogP) is 5.22. The van der Waals surface area contributed by atoms with E-state index < -0.39 is 10.1 Å². The van der Waals surface area contributed by atoms with Gasteiger partial charge in [-0.05, 0) is 41.1 Å². The molecule has 6 rings (SSSR count). The van der Waals surface area contributed by atoms with Crippen LogP contribution < -0.4 is 5.32 Å². The Labute approximate surface area is 209 Å². The Hall–Kier alpha value is -3.17. The van der Waals surface area contributed by atoms with Crippen LogP contribution in [0, 0.1) is 0 Å². The molecular weight excluding hydrogens is 478 g/mol. The molecule has 1 saturated heterocycles. The topological polar surface area (TPSA) is 82.0 Å². The zero-order valence-electron chi connectivity index (χ0n) is 19.0. The van der Waals surface area contributed by atoms with Crippen molar-refractivity contribution < 1.29 is 13.0 Å². The molecule has 0 unspecified atom stereocenters. The number of rotatable bonds is 1. The molecule has 2 N–H and O–H groups in total. The second kappa shape index (κ2) is 10.2. The van der Waals surface area contributed by atoms with Gasteiger partial charge in [0.1, 0.15) is 5.84 Å². The highest BCUT2D eigenvalue weighted by Gasteiger charge is 2.22. The van der Waals surface area contributed by atoms with E-state index in [0.717, 1.165) is 48.5 Å². The lowest BCUT2D eigenvalue weighted by atomic mass is 10.1. The van der Waals surface area contributed by atoms with E-state index >= 15 is 0 Å². The summed E-state index contributed by atoms with van der Waals surface area (Å²) in [4.78, 5) is 9.85. The van der Waals surface area contributed by atoms with Crippen LogP contribution in [-0.2, 0) is 10.1 Å². The second-order valence-electron chi connectivity index (χ2n) is 8.22. The Morgan fingerprint density at radius 1 is 0.800 bits per heavy atom. The van der Waals surface area contributed by atoms with Gasteiger partial charge in [0.15, 0.2) is 0 Å². The smallest absolute Gasteiger partial charge is 0.294 e. The molecule has 8 heteroatoms. The number of hydrogen-bond acceptors (Lipinski definition) is 6. The van der Waals surface area contributed by atoms with E-state index in [1.807, 2.05) is 30.0 Å². The fourth-order valence-electron chi connectivity index (χ4n) is 4.11. The van der Waals surface area contributed by atoms with Gasteiger partial charge in [-0.15, -0.1) is 0 Å². The maximum Gasteiger partial charge on any atom is 0.294 e. The van der Waals surface area contributed by atoms with Gasteiger partial charge in [-0.3, -0.25) is 4.55 Å². The Bertz CT molecular complexity index is 1500. The molecule has 4 aromatic carbocycles. The SMILES string of the molecule is O=S(=O)(O)c1ccc2ccccc2c1.c1ccc2c(c1)N=C(N1CCNCC1)c1ccccc1S2. The number of nitrogens with one attached hydrogen (secondary N) is 1. The van der Waals surface area contributed by atoms with Gasteiger partial charge < -0.3 is 10.2 Å². The van der Waals surface area contributed by atoms with E-state index in [4.69, 9.17) is 9.55 Å². The molecule has 0 aromatic heterocycles. The van der Waals surface area contributed by atoms with Crippen LogP contribution in [0.5, 0.6) is 0 Å². The van der Waals surface area contributed by atoms with E-state index in [1.54, 1.807) is 12.1 Å². The van der Waals surface area contributed by atoms with Gasteiger partial charge in [0.25, 0.3) is 10.1 Å². The number of nitrogens with zero attached hydrogens (tertiary/aromatic N) is 2. The zero-order chi connectivity index (χ0) is 24.3. The van der Waals surface area contributed by atoms with Gasteiger partial charge in [0.05, 0.1) is 10.6 Å². The lowest BCUT2D eigenvalue weighted by Gasteiger charge is -2.30. The summed E-state index contributed by atoms with van der Waals surface area (Å²) in [7, 11) is -4.09. The molecule has 0 aliphatic carbocycles. The molecule has 0 atom stereocenters. The van der Waals surface area contributed by atoms with Crippen molar-refractivity contribution in [2.75, 3.05) is 26.2 Å². The fourth-order valence-corrected chi connectivity index (χ4v) is 5.65. The molecule has 2 aliphatic heterocycles. The van der Waals surface area contributed by atoms with E-state index in [-0.39, 0.29) is 4.90 Å². The molecule has 0 spiro atoms. The third-order valence-corrected chi connectivity index (χ3v) is 7.87. The van der Waals surface area contributed by atoms with Crippen molar-refractivity contribution >= 4 is 44.2 Å². The van der Waals surface area contributed by atoms with Gasteiger partial charge >= 0.3 is 0 Å². The normalized spacial score (nSPS) is 15.2. The highest BCUT2D eigenvalue weighted by Crippen LogP contribution is 2.40. The number of para-hydroxylation sites is 1. The zero-order valence-corrected chi connectivity index (χ0v) is 20.6. The standard InChI is InChI=1S/C17H17N3S.C10H8O3S/c1-3-7-15-13(5-1)17(20-11-9-18-10-12-20)19-14-6-2-4-8-16(14)21-15;11-14(12,13)10-6-5-8-3-1-2-4-9(8)7-10/h1-8,18H,9-12H2;1-7H,(H,11,12,13). The molecule has 35 heavy (non-hydrogen) atoms. The van der Waals surface area contributed by atoms with Crippen LogP contribution >= 0.6 is 11.8 Å². The van der Waals surface area contributed by atoms with Crippen LogP contribution in [0.3, 0.4) is 0 Å². The molecular formula is C27H25N3O3S2.